The molecular formula is C17H17NO3. The molecule has 4 heteroatoms. The zero-order valence-electron chi connectivity index (χ0n) is 12.1. The number of aromatic nitrogens is 1. The highest BCUT2D eigenvalue weighted by molar-refractivity contribution is 5.89. The number of hydrogen-bond donors (Lipinski definition) is 0. The molecule has 2 aromatic rings. The normalized spacial score (nSPS) is 10.6. The summed E-state index contributed by atoms with van der Waals surface area (Å²) in [4.78, 5) is 15.5. The van der Waals surface area contributed by atoms with Gasteiger partial charge in [-0.15, -0.1) is 0 Å². The summed E-state index contributed by atoms with van der Waals surface area (Å²) in [6, 6.07) is 9.64. The number of methoxy groups -OCH3 is 1. The fraction of sp³-hybridized carbons (Fsp3) is 0.176. The van der Waals surface area contributed by atoms with Crippen molar-refractivity contribution in [3.8, 4) is 16.9 Å². The van der Waals surface area contributed by atoms with Crippen LogP contribution in [0.25, 0.3) is 17.2 Å². The van der Waals surface area contributed by atoms with Crippen LogP contribution >= 0.6 is 0 Å². The van der Waals surface area contributed by atoms with E-state index in [1.807, 2.05) is 30.3 Å². The molecule has 0 aliphatic carbocycles. The van der Waals surface area contributed by atoms with Crippen LogP contribution in [0.5, 0.6) is 5.75 Å². The minimum Gasteiger partial charge on any atom is -0.497 e. The number of carbonyl (C=O) groups excluding carboxylic acids is 1. The number of ether oxygens (including phenoxy) is 2. The van der Waals surface area contributed by atoms with Crippen LogP contribution in [0.1, 0.15) is 12.5 Å². The van der Waals surface area contributed by atoms with E-state index in [4.69, 9.17) is 9.47 Å². The summed E-state index contributed by atoms with van der Waals surface area (Å²) >= 11 is 0. The molecule has 0 amide bonds. The molecule has 1 heterocycles. The van der Waals surface area contributed by atoms with E-state index in [-0.39, 0.29) is 5.97 Å². The molecule has 0 N–H and O–H groups in total. The minimum absolute atomic E-state index is 0.359. The highest BCUT2D eigenvalue weighted by Gasteiger charge is 2.04. The second-order valence-electron chi connectivity index (χ2n) is 4.28. The van der Waals surface area contributed by atoms with E-state index in [0.29, 0.717) is 6.61 Å². The molecule has 0 unspecified atom stereocenters. The van der Waals surface area contributed by atoms with Crippen molar-refractivity contribution < 1.29 is 14.3 Å². The Morgan fingerprint density at radius 3 is 2.67 bits per heavy atom. The van der Waals surface area contributed by atoms with Crippen molar-refractivity contribution in [2.45, 2.75) is 6.92 Å². The summed E-state index contributed by atoms with van der Waals surface area (Å²) in [6.07, 6.45) is 6.56. The van der Waals surface area contributed by atoms with Gasteiger partial charge in [0, 0.05) is 24.0 Å². The van der Waals surface area contributed by atoms with Crippen LogP contribution in [0.4, 0.5) is 0 Å². The van der Waals surface area contributed by atoms with Gasteiger partial charge in [-0.05, 0) is 42.3 Å². The summed E-state index contributed by atoms with van der Waals surface area (Å²) in [5.74, 6) is 0.443. The smallest absolute Gasteiger partial charge is 0.330 e. The average Bonchev–Trinajstić information content (AvgIpc) is 2.54. The number of nitrogens with zero attached hydrogens (tertiary/aromatic N) is 1. The highest BCUT2D eigenvalue weighted by Crippen LogP contribution is 2.25. The Morgan fingerprint density at radius 1 is 1.24 bits per heavy atom. The van der Waals surface area contributed by atoms with Gasteiger partial charge >= 0.3 is 5.97 Å². The fourth-order valence-corrected chi connectivity index (χ4v) is 1.92. The molecule has 2 rings (SSSR count). The molecule has 0 saturated carbocycles. The van der Waals surface area contributed by atoms with Gasteiger partial charge in [0.25, 0.3) is 0 Å². The molecule has 4 nitrogen and oxygen atoms in total. The molecule has 1 aromatic heterocycles. The van der Waals surface area contributed by atoms with Crippen molar-refractivity contribution in [1.82, 2.24) is 4.98 Å². The van der Waals surface area contributed by atoms with Gasteiger partial charge in [-0.25, -0.2) is 4.79 Å². The molecule has 108 valence electrons. The SMILES string of the molecule is CCOC(=O)/C=C/c1cnccc1-c1ccc(OC)cc1. The molecule has 0 radical (unpaired) electrons. The van der Waals surface area contributed by atoms with Crippen LogP contribution in [0.2, 0.25) is 0 Å². The van der Waals surface area contributed by atoms with Crippen LogP contribution in [0.15, 0.2) is 48.8 Å². The summed E-state index contributed by atoms with van der Waals surface area (Å²) in [6.45, 7) is 2.14. The lowest BCUT2D eigenvalue weighted by Gasteiger charge is -2.07. The minimum atomic E-state index is -0.359. The summed E-state index contributed by atoms with van der Waals surface area (Å²) < 4.78 is 10.0. The van der Waals surface area contributed by atoms with Gasteiger partial charge in [0.2, 0.25) is 0 Å². The molecule has 1 aromatic carbocycles. The number of esters is 1. The maximum Gasteiger partial charge on any atom is 0.330 e. The van der Waals surface area contributed by atoms with E-state index in [9.17, 15) is 4.79 Å². The third-order valence-corrected chi connectivity index (χ3v) is 2.94. The van der Waals surface area contributed by atoms with Gasteiger partial charge in [-0.3, -0.25) is 4.98 Å². The van der Waals surface area contributed by atoms with Gasteiger partial charge in [0.1, 0.15) is 5.75 Å². The molecule has 0 bridgehead atoms. The Morgan fingerprint density at radius 2 is 2.00 bits per heavy atom. The van der Waals surface area contributed by atoms with E-state index in [1.165, 1.54) is 6.08 Å². The lowest BCUT2D eigenvalue weighted by molar-refractivity contribution is -0.137. The van der Waals surface area contributed by atoms with Crippen molar-refractivity contribution in [2.75, 3.05) is 13.7 Å². The number of hydrogen-bond acceptors (Lipinski definition) is 4. The zero-order chi connectivity index (χ0) is 15.1. The van der Waals surface area contributed by atoms with Crippen molar-refractivity contribution in [3.63, 3.8) is 0 Å². The van der Waals surface area contributed by atoms with Crippen LogP contribution in [0.3, 0.4) is 0 Å². The van der Waals surface area contributed by atoms with E-state index >= 15 is 0 Å². The molecule has 0 atom stereocenters. The third-order valence-electron chi connectivity index (χ3n) is 2.94. The molecular weight excluding hydrogens is 266 g/mol. The van der Waals surface area contributed by atoms with Gasteiger partial charge in [-0.2, -0.15) is 0 Å². The standard InChI is InChI=1S/C17H17NO3/c1-3-21-17(19)9-6-14-12-18-11-10-16(14)13-4-7-15(20-2)8-5-13/h4-12H,3H2,1-2H3/b9-6+. The first kappa shape index (κ1) is 14.8. The van der Waals surface area contributed by atoms with Crippen LogP contribution < -0.4 is 4.74 Å². The molecule has 0 aliphatic rings. The summed E-state index contributed by atoms with van der Waals surface area (Å²) in [5.41, 5.74) is 2.88. The van der Waals surface area contributed by atoms with Crippen LogP contribution in [0, 0.1) is 0 Å². The van der Waals surface area contributed by atoms with Gasteiger partial charge < -0.3 is 9.47 Å². The molecule has 0 saturated heterocycles. The molecule has 0 spiro atoms. The molecule has 0 aliphatic heterocycles. The monoisotopic (exact) mass is 283 g/mol. The first-order valence-corrected chi connectivity index (χ1v) is 6.68. The van der Waals surface area contributed by atoms with Gasteiger partial charge in [0.15, 0.2) is 0 Å². The molecule has 0 fully saturated rings. The second kappa shape index (κ2) is 7.24. The average molecular weight is 283 g/mol. The summed E-state index contributed by atoms with van der Waals surface area (Å²) in [5, 5.41) is 0. The van der Waals surface area contributed by atoms with Crippen LogP contribution in [-0.4, -0.2) is 24.7 Å². The topological polar surface area (TPSA) is 48.4 Å². The quantitative estimate of drug-likeness (QED) is 0.624. The predicted octanol–water partition coefficient (Wildman–Crippen LogP) is 3.33. The van der Waals surface area contributed by atoms with E-state index in [2.05, 4.69) is 4.98 Å². The van der Waals surface area contributed by atoms with Crippen molar-refractivity contribution in [2.24, 2.45) is 0 Å². The van der Waals surface area contributed by atoms with Gasteiger partial charge in [0.05, 0.1) is 13.7 Å². The van der Waals surface area contributed by atoms with E-state index < -0.39 is 0 Å². The number of rotatable bonds is 5. The van der Waals surface area contributed by atoms with Gasteiger partial charge in [-0.1, -0.05) is 12.1 Å². The number of benzene rings is 1. The molecule has 21 heavy (non-hydrogen) atoms. The maximum atomic E-state index is 11.4. The largest absolute Gasteiger partial charge is 0.497 e. The van der Waals surface area contributed by atoms with Crippen molar-refractivity contribution in [3.05, 3.63) is 54.4 Å². The number of pyridine rings is 1. The first-order chi connectivity index (χ1) is 10.2. The predicted molar refractivity (Wildman–Crippen MR) is 81.9 cm³/mol. The Balaban J connectivity index is 2.29. The lowest BCUT2D eigenvalue weighted by Crippen LogP contribution is -1.98. The van der Waals surface area contributed by atoms with E-state index in [0.717, 1.165) is 22.4 Å². The van der Waals surface area contributed by atoms with Crippen molar-refractivity contribution >= 4 is 12.0 Å². The Kier molecular flexibility index (Phi) is 5.10. The zero-order valence-corrected chi connectivity index (χ0v) is 12.1. The van der Waals surface area contributed by atoms with Crippen LogP contribution in [-0.2, 0) is 9.53 Å². The fourth-order valence-electron chi connectivity index (χ4n) is 1.92. The highest BCUT2D eigenvalue weighted by atomic mass is 16.5. The lowest BCUT2D eigenvalue weighted by atomic mass is 10.0. The van der Waals surface area contributed by atoms with E-state index in [1.54, 1.807) is 32.5 Å². The Hall–Kier alpha value is -2.62. The third kappa shape index (κ3) is 3.92. The Bertz CT molecular complexity index is 633. The maximum absolute atomic E-state index is 11.4. The first-order valence-electron chi connectivity index (χ1n) is 6.68. The number of carbonyl (C=O) groups is 1. The van der Waals surface area contributed by atoms with Crippen molar-refractivity contribution in [1.29, 1.82) is 0 Å². The summed E-state index contributed by atoms with van der Waals surface area (Å²) in [7, 11) is 1.63. The Labute approximate surface area is 124 Å². The second-order valence-corrected chi connectivity index (χ2v) is 4.28.